The van der Waals surface area contributed by atoms with Gasteiger partial charge < -0.3 is 19.4 Å². The molecule has 0 bridgehead atoms. The van der Waals surface area contributed by atoms with Gasteiger partial charge in [0.1, 0.15) is 4.92 Å². The van der Waals surface area contributed by atoms with Crippen molar-refractivity contribution in [3.8, 4) is 0 Å². The van der Waals surface area contributed by atoms with Crippen LogP contribution in [0.15, 0.2) is 34.9 Å². The quantitative estimate of drug-likeness (QED) is 0.617. The van der Waals surface area contributed by atoms with E-state index in [1.54, 1.807) is 10.6 Å². The van der Waals surface area contributed by atoms with Gasteiger partial charge in [-0.15, -0.1) is 0 Å². The second-order valence-corrected chi connectivity index (χ2v) is 4.50. The third-order valence-corrected chi connectivity index (χ3v) is 3.02. The van der Waals surface area contributed by atoms with Gasteiger partial charge in [-0.25, -0.2) is 0 Å². The SMILES string of the molecule is Cn1cccc1C(O)CCNC(=O)c1ccc([N+](=O)[O-])o1. The van der Waals surface area contributed by atoms with E-state index in [0.29, 0.717) is 6.42 Å². The molecule has 0 aromatic carbocycles. The third kappa shape index (κ3) is 3.48. The van der Waals surface area contributed by atoms with Crippen LogP contribution < -0.4 is 5.32 Å². The summed E-state index contributed by atoms with van der Waals surface area (Å²) < 4.78 is 6.57. The van der Waals surface area contributed by atoms with E-state index in [1.807, 2.05) is 19.3 Å². The summed E-state index contributed by atoms with van der Waals surface area (Å²) in [5, 5.41) is 23.0. The lowest BCUT2D eigenvalue weighted by atomic mass is 10.2. The molecule has 0 saturated heterocycles. The predicted octanol–water partition coefficient (Wildman–Crippen LogP) is 1.38. The number of furan rings is 1. The minimum atomic E-state index is -0.712. The molecule has 112 valence electrons. The number of hydrogen-bond acceptors (Lipinski definition) is 5. The molecule has 1 unspecified atom stereocenters. The Morgan fingerprint density at radius 3 is 2.86 bits per heavy atom. The van der Waals surface area contributed by atoms with Crippen molar-refractivity contribution in [3.05, 3.63) is 52.0 Å². The van der Waals surface area contributed by atoms with Crippen molar-refractivity contribution in [1.29, 1.82) is 0 Å². The normalized spacial score (nSPS) is 12.1. The average molecular weight is 293 g/mol. The molecule has 2 aromatic rings. The zero-order valence-corrected chi connectivity index (χ0v) is 11.4. The largest absolute Gasteiger partial charge is 0.433 e. The highest BCUT2D eigenvalue weighted by molar-refractivity contribution is 5.91. The van der Waals surface area contributed by atoms with Crippen molar-refractivity contribution in [2.45, 2.75) is 12.5 Å². The van der Waals surface area contributed by atoms with E-state index in [9.17, 15) is 20.0 Å². The molecule has 8 heteroatoms. The van der Waals surface area contributed by atoms with Crippen LogP contribution in [-0.4, -0.2) is 27.0 Å². The molecule has 2 heterocycles. The Morgan fingerprint density at radius 1 is 1.52 bits per heavy atom. The van der Waals surface area contributed by atoms with Crippen molar-refractivity contribution in [1.82, 2.24) is 9.88 Å². The Bertz CT molecular complexity index is 646. The summed E-state index contributed by atoms with van der Waals surface area (Å²) in [5.41, 5.74) is 0.748. The molecule has 0 radical (unpaired) electrons. The molecule has 21 heavy (non-hydrogen) atoms. The average Bonchev–Trinajstić information content (AvgIpc) is 3.06. The van der Waals surface area contributed by atoms with Crippen molar-refractivity contribution < 1.29 is 19.2 Å². The van der Waals surface area contributed by atoms with Gasteiger partial charge in [-0.2, -0.15) is 0 Å². The minimum absolute atomic E-state index is 0.130. The Kier molecular flexibility index (Phi) is 4.39. The molecule has 1 atom stereocenters. The van der Waals surface area contributed by atoms with E-state index in [1.165, 1.54) is 6.07 Å². The highest BCUT2D eigenvalue weighted by Crippen LogP contribution is 2.17. The summed E-state index contributed by atoms with van der Waals surface area (Å²) in [4.78, 5) is 21.4. The Labute approximate surface area is 120 Å². The number of rotatable bonds is 6. The number of carbonyl (C=O) groups is 1. The van der Waals surface area contributed by atoms with Crippen molar-refractivity contribution in [2.75, 3.05) is 6.54 Å². The zero-order chi connectivity index (χ0) is 15.4. The molecule has 0 fully saturated rings. The smallest absolute Gasteiger partial charge is 0.395 e. The van der Waals surface area contributed by atoms with E-state index in [4.69, 9.17) is 4.42 Å². The van der Waals surface area contributed by atoms with Crippen LogP contribution in [0.25, 0.3) is 0 Å². The minimum Gasteiger partial charge on any atom is -0.395 e. The van der Waals surface area contributed by atoms with Crippen LogP contribution in [0.1, 0.15) is 28.8 Å². The molecule has 0 aliphatic heterocycles. The van der Waals surface area contributed by atoms with Gasteiger partial charge in [-0.3, -0.25) is 14.9 Å². The predicted molar refractivity (Wildman–Crippen MR) is 72.7 cm³/mol. The molecule has 2 rings (SSSR count). The summed E-state index contributed by atoms with van der Waals surface area (Å²) in [5.74, 6) is -1.17. The molecule has 0 spiro atoms. The molecule has 2 N–H and O–H groups in total. The molecular formula is C13H15N3O5. The molecule has 2 aromatic heterocycles. The monoisotopic (exact) mass is 293 g/mol. The Hall–Kier alpha value is -2.61. The number of amides is 1. The standard InChI is InChI=1S/C13H15N3O5/c1-15-8-2-3-9(15)10(17)6-7-14-13(18)11-4-5-12(21-11)16(19)20/h2-5,8,10,17H,6-7H2,1H3,(H,14,18). The summed E-state index contributed by atoms with van der Waals surface area (Å²) in [6.45, 7) is 0.222. The van der Waals surface area contributed by atoms with Crippen molar-refractivity contribution >= 4 is 11.8 Å². The van der Waals surface area contributed by atoms with Crippen LogP contribution in [0, 0.1) is 10.1 Å². The molecule has 1 amide bonds. The lowest BCUT2D eigenvalue weighted by Crippen LogP contribution is -2.25. The van der Waals surface area contributed by atoms with Crippen LogP contribution in [0.4, 0.5) is 5.88 Å². The number of nitro groups is 1. The van der Waals surface area contributed by atoms with Crippen LogP contribution in [-0.2, 0) is 7.05 Å². The van der Waals surface area contributed by atoms with Gasteiger partial charge in [0.2, 0.25) is 0 Å². The van der Waals surface area contributed by atoms with Gasteiger partial charge in [0.15, 0.2) is 5.76 Å². The fraction of sp³-hybridized carbons (Fsp3) is 0.308. The summed E-state index contributed by atoms with van der Waals surface area (Å²) >= 11 is 0. The number of nitrogens with one attached hydrogen (secondary N) is 1. The summed E-state index contributed by atoms with van der Waals surface area (Å²) in [6, 6.07) is 5.97. The van der Waals surface area contributed by atoms with Gasteiger partial charge in [-0.05, 0) is 24.6 Å². The van der Waals surface area contributed by atoms with Gasteiger partial charge >= 0.3 is 5.88 Å². The topological polar surface area (TPSA) is 111 Å². The Morgan fingerprint density at radius 2 is 2.29 bits per heavy atom. The number of hydrogen-bond donors (Lipinski definition) is 2. The highest BCUT2D eigenvalue weighted by atomic mass is 16.6. The van der Waals surface area contributed by atoms with Crippen LogP contribution >= 0.6 is 0 Å². The van der Waals surface area contributed by atoms with Crippen LogP contribution in [0.3, 0.4) is 0 Å². The number of nitrogens with zero attached hydrogens (tertiary/aromatic N) is 2. The van der Waals surface area contributed by atoms with E-state index >= 15 is 0 Å². The lowest BCUT2D eigenvalue weighted by Gasteiger charge is -2.12. The van der Waals surface area contributed by atoms with Gasteiger partial charge in [0, 0.05) is 25.5 Å². The first-order chi connectivity index (χ1) is 9.99. The first kappa shape index (κ1) is 14.8. The number of aryl methyl sites for hydroxylation is 1. The number of carbonyl (C=O) groups excluding carboxylic acids is 1. The first-order valence-corrected chi connectivity index (χ1v) is 6.30. The number of aliphatic hydroxyl groups excluding tert-OH is 1. The molecular weight excluding hydrogens is 278 g/mol. The van der Waals surface area contributed by atoms with Crippen molar-refractivity contribution in [3.63, 3.8) is 0 Å². The maximum Gasteiger partial charge on any atom is 0.433 e. The number of aliphatic hydroxyl groups is 1. The Balaban J connectivity index is 1.84. The van der Waals surface area contributed by atoms with E-state index in [0.717, 1.165) is 11.8 Å². The lowest BCUT2D eigenvalue weighted by molar-refractivity contribution is -0.402. The molecule has 0 saturated carbocycles. The van der Waals surface area contributed by atoms with E-state index < -0.39 is 22.8 Å². The molecule has 8 nitrogen and oxygen atoms in total. The summed E-state index contributed by atoms with van der Waals surface area (Å²) in [7, 11) is 1.82. The van der Waals surface area contributed by atoms with E-state index in [2.05, 4.69) is 5.32 Å². The van der Waals surface area contributed by atoms with Crippen LogP contribution in [0.2, 0.25) is 0 Å². The zero-order valence-electron chi connectivity index (χ0n) is 11.4. The summed E-state index contributed by atoms with van der Waals surface area (Å²) in [6.07, 6.45) is 1.45. The van der Waals surface area contributed by atoms with Crippen molar-refractivity contribution in [2.24, 2.45) is 7.05 Å². The first-order valence-electron chi connectivity index (χ1n) is 6.30. The van der Waals surface area contributed by atoms with Gasteiger partial charge in [0.05, 0.1) is 12.2 Å². The van der Waals surface area contributed by atoms with Gasteiger partial charge in [0.25, 0.3) is 5.91 Å². The molecule has 0 aliphatic carbocycles. The third-order valence-electron chi connectivity index (χ3n) is 3.02. The van der Waals surface area contributed by atoms with Gasteiger partial charge in [-0.1, -0.05) is 0 Å². The van der Waals surface area contributed by atoms with Crippen LogP contribution in [0.5, 0.6) is 0 Å². The second-order valence-electron chi connectivity index (χ2n) is 4.50. The number of aromatic nitrogens is 1. The fourth-order valence-electron chi connectivity index (χ4n) is 1.93. The maximum absolute atomic E-state index is 11.7. The second kappa shape index (κ2) is 6.23. The maximum atomic E-state index is 11.7. The van der Waals surface area contributed by atoms with E-state index in [-0.39, 0.29) is 12.3 Å². The molecule has 0 aliphatic rings. The fourth-order valence-corrected chi connectivity index (χ4v) is 1.93. The highest BCUT2D eigenvalue weighted by Gasteiger charge is 2.17.